The van der Waals surface area contributed by atoms with Gasteiger partial charge in [-0.1, -0.05) is 20.8 Å². The lowest BCUT2D eigenvalue weighted by atomic mass is 9.93. The highest BCUT2D eigenvalue weighted by atomic mass is 16.2. The van der Waals surface area contributed by atoms with Gasteiger partial charge in [0.25, 0.3) is 0 Å². The van der Waals surface area contributed by atoms with E-state index in [0.717, 1.165) is 12.0 Å². The first-order valence-electron chi connectivity index (χ1n) is 4.17. The second-order valence-corrected chi connectivity index (χ2v) is 3.89. The molecule has 0 atom stereocenters. The van der Waals surface area contributed by atoms with Crippen LogP contribution in [-0.2, 0) is 5.41 Å². The minimum absolute atomic E-state index is 0.0223. The molecule has 1 heterocycles. The molecule has 1 aromatic rings. The van der Waals surface area contributed by atoms with Crippen molar-refractivity contribution in [2.75, 3.05) is 0 Å². The molecule has 0 aliphatic rings. The molecule has 0 bridgehead atoms. The molecule has 0 aliphatic carbocycles. The van der Waals surface area contributed by atoms with Crippen molar-refractivity contribution < 1.29 is 5.11 Å². The molecule has 0 unspecified atom stereocenters. The van der Waals surface area contributed by atoms with Gasteiger partial charge in [-0.25, -0.2) is 0 Å². The zero-order chi connectivity index (χ0) is 9.90. The van der Waals surface area contributed by atoms with Crippen molar-refractivity contribution in [1.82, 2.24) is 9.97 Å². The Hall–Kier alpha value is -1.38. The number of aliphatic hydroxyl groups is 1. The van der Waals surface area contributed by atoms with Crippen molar-refractivity contribution in [2.24, 2.45) is 0 Å². The van der Waals surface area contributed by atoms with Crippen LogP contribution in [-0.4, -0.2) is 15.1 Å². The third-order valence-corrected chi connectivity index (χ3v) is 1.69. The first kappa shape index (κ1) is 9.71. The van der Waals surface area contributed by atoms with Crippen LogP contribution < -0.4 is 0 Å². The van der Waals surface area contributed by atoms with E-state index in [2.05, 4.69) is 30.7 Å². The summed E-state index contributed by atoms with van der Waals surface area (Å²) in [6, 6.07) is 0. The van der Waals surface area contributed by atoms with Gasteiger partial charge in [0, 0.05) is 11.6 Å². The molecule has 0 radical (unpaired) electrons. The summed E-state index contributed by atoms with van der Waals surface area (Å²) in [6.45, 7) is 6.25. The lowest BCUT2D eigenvalue weighted by Crippen LogP contribution is -2.13. The number of hydrogen-bond acceptors (Lipinski definition) is 3. The van der Waals surface area contributed by atoms with E-state index >= 15 is 0 Å². The van der Waals surface area contributed by atoms with Gasteiger partial charge in [-0.2, -0.15) is 0 Å². The fourth-order valence-corrected chi connectivity index (χ4v) is 0.888. The maximum atomic E-state index is 8.50. The van der Waals surface area contributed by atoms with E-state index in [1.165, 1.54) is 6.08 Å². The fourth-order valence-electron chi connectivity index (χ4n) is 0.888. The Morgan fingerprint density at radius 1 is 1.23 bits per heavy atom. The van der Waals surface area contributed by atoms with E-state index in [4.69, 9.17) is 5.11 Å². The minimum Gasteiger partial charge on any atom is -0.516 e. The maximum absolute atomic E-state index is 8.50. The van der Waals surface area contributed by atoms with E-state index in [1.807, 2.05) is 0 Å². The van der Waals surface area contributed by atoms with Gasteiger partial charge in [0.2, 0.25) is 0 Å². The molecule has 1 rings (SSSR count). The van der Waals surface area contributed by atoms with Crippen LogP contribution >= 0.6 is 0 Å². The molecule has 13 heavy (non-hydrogen) atoms. The average molecular weight is 178 g/mol. The highest BCUT2D eigenvalue weighted by Gasteiger charge is 2.14. The normalized spacial score (nSPS) is 12.2. The molecule has 0 spiro atoms. The lowest BCUT2D eigenvalue weighted by molar-refractivity contribution is 0.478. The topological polar surface area (TPSA) is 46.0 Å². The Morgan fingerprint density at radius 2 is 1.92 bits per heavy atom. The molecular formula is C10H14N2O. The molecular weight excluding hydrogens is 164 g/mol. The van der Waals surface area contributed by atoms with Crippen LogP contribution in [0.15, 0.2) is 18.7 Å². The molecule has 0 fully saturated rings. The summed E-state index contributed by atoms with van der Waals surface area (Å²) in [6.07, 6.45) is 5.84. The second kappa shape index (κ2) is 3.56. The number of aromatic nitrogens is 2. The van der Waals surface area contributed by atoms with Crippen LogP contribution in [0.4, 0.5) is 0 Å². The third-order valence-electron chi connectivity index (χ3n) is 1.69. The van der Waals surface area contributed by atoms with Crippen molar-refractivity contribution in [1.29, 1.82) is 0 Å². The quantitative estimate of drug-likeness (QED) is 0.671. The minimum atomic E-state index is 0.0223. The molecule has 0 saturated heterocycles. The van der Waals surface area contributed by atoms with Crippen LogP contribution in [0.5, 0.6) is 0 Å². The molecule has 70 valence electrons. The van der Waals surface area contributed by atoms with Crippen molar-refractivity contribution in [2.45, 2.75) is 26.2 Å². The van der Waals surface area contributed by atoms with Crippen LogP contribution in [0.3, 0.4) is 0 Å². The summed E-state index contributed by atoms with van der Waals surface area (Å²) in [5.74, 6) is 0. The first-order valence-corrected chi connectivity index (χ1v) is 4.17. The van der Waals surface area contributed by atoms with Crippen molar-refractivity contribution >= 4 is 6.08 Å². The number of aliphatic hydroxyl groups excluding tert-OH is 1. The Labute approximate surface area is 78.2 Å². The maximum Gasteiger partial charge on any atom is 0.0843 e. The third kappa shape index (κ3) is 2.54. The smallest absolute Gasteiger partial charge is 0.0843 e. The Morgan fingerprint density at radius 3 is 2.31 bits per heavy atom. The Balaban J connectivity index is 2.94. The van der Waals surface area contributed by atoms with Gasteiger partial charge in [0.05, 0.1) is 23.8 Å². The summed E-state index contributed by atoms with van der Waals surface area (Å²) >= 11 is 0. The van der Waals surface area contributed by atoms with E-state index in [1.54, 1.807) is 12.4 Å². The van der Waals surface area contributed by atoms with Gasteiger partial charge >= 0.3 is 0 Å². The predicted octanol–water partition coefficient (Wildman–Crippen LogP) is 2.30. The molecule has 1 aromatic heterocycles. The van der Waals surface area contributed by atoms with Crippen molar-refractivity contribution in [3.8, 4) is 0 Å². The summed E-state index contributed by atoms with van der Waals surface area (Å²) < 4.78 is 0. The number of rotatable bonds is 1. The highest BCUT2D eigenvalue weighted by molar-refractivity contribution is 5.41. The molecule has 3 heteroatoms. The summed E-state index contributed by atoms with van der Waals surface area (Å²) in [4.78, 5) is 8.37. The van der Waals surface area contributed by atoms with Crippen LogP contribution in [0.25, 0.3) is 6.08 Å². The summed E-state index contributed by atoms with van der Waals surface area (Å²) in [5.41, 5.74) is 1.63. The van der Waals surface area contributed by atoms with Gasteiger partial charge in [-0.15, -0.1) is 0 Å². The van der Waals surface area contributed by atoms with Gasteiger partial charge in [0.1, 0.15) is 0 Å². The van der Waals surface area contributed by atoms with Gasteiger partial charge < -0.3 is 5.11 Å². The molecule has 3 nitrogen and oxygen atoms in total. The molecule has 0 aliphatic heterocycles. The Kier molecular flexibility index (Phi) is 2.66. The average Bonchev–Trinajstić information content (AvgIpc) is 2.04. The number of nitrogens with zero attached hydrogens (tertiary/aromatic N) is 2. The van der Waals surface area contributed by atoms with Gasteiger partial charge in [-0.3, -0.25) is 9.97 Å². The SMILES string of the molecule is CC(C)(C)c1cnc(C=CO)cn1. The monoisotopic (exact) mass is 178 g/mol. The lowest BCUT2D eigenvalue weighted by Gasteiger charge is -2.16. The van der Waals surface area contributed by atoms with Crippen LogP contribution in [0.2, 0.25) is 0 Å². The van der Waals surface area contributed by atoms with Gasteiger partial charge in [0.15, 0.2) is 0 Å². The largest absolute Gasteiger partial charge is 0.516 e. The molecule has 0 aromatic carbocycles. The van der Waals surface area contributed by atoms with E-state index in [9.17, 15) is 0 Å². The predicted molar refractivity (Wildman–Crippen MR) is 52.4 cm³/mol. The van der Waals surface area contributed by atoms with Crippen molar-refractivity contribution in [3.05, 3.63) is 30.0 Å². The van der Waals surface area contributed by atoms with E-state index < -0.39 is 0 Å². The fraction of sp³-hybridized carbons (Fsp3) is 0.400. The zero-order valence-electron chi connectivity index (χ0n) is 8.15. The zero-order valence-corrected chi connectivity index (χ0v) is 8.15. The second-order valence-electron chi connectivity index (χ2n) is 3.89. The Bertz CT molecular complexity index is 296. The standard InChI is InChI=1S/C10H14N2O/c1-10(2,3)9-7-11-8(4-5-13)6-12-9/h4-7,13H,1-3H3. The number of hydrogen-bond donors (Lipinski definition) is 1. The van der Waals surface area contributed by atoms with Crippen molar-refractivity contribution in [3.63, 3.8) is 0 Å². The van der Waals surface area contributed by atoms with Crippen LogP contribution in [0, 0.1) is 0 Å². The highest BCUT2D eigenvalue weighted by Crippen LogP contribution is 2.18. The van der Waals surface area contributed by atoms with Gasteiger partial charge in [-0.05, 0) is 6.08 Å². The molecule has 0 saturated carbocycles. The molecule has 0 amide bonds. The molecule has 1 N–H and O–H groups in total. The van der Waals surface area contributed by atoms with E-state index in [0.29, 0.717) is 5.69 Å². The summed E-state index contributed by atoms with van der Waals surface area (Å²) in [5, 5.41) is 8.50. The summed E-state index contributed by atoms with van der Waals surface area (Å²) in [7, 11) is 0. The van der Waals surface area contributed by atoms with Crippen LogP contribution in [0.1, 0.15) is 32.2 Å². The van der Waals surface area contributed by atoms with E-state index in [-0.39, 0.29) is 5.41 Å². The first-order chi connectivity index (χ1) is 6.04.